The average molecular weight is 282 g/mol. The fourth-order valence-electron chi connectivity index (χ4n) is 1.70. The second-order valence-corrected chi connectivity index (χ2v) is 4.38. The lowest BCUT2D eigenvalue weighted by Gasteiger charge is -2.11. The number of aromatic hydroxyl groups is 1. The molecule has 0 bridgehead atoms. The van der Waals surface area contributed by atoms with Crippen molar-refractivity contribution in [1.29, 1.82) is 0 Å². The fraction of sp³-hybridized carbons (Fsp3) is 0.143. The molecule has 0 unspecified atom stereocenters. The van der Waals surface area contributed by atoms with Gasteiger partial charge in [-0.25, -0.2) is 4.39 Å². The number of para-hydroxylation sites is 1. The van der Waals surface area contributed by atoms with Gasteiger partial charge in [0.05, 0.1) is 12.8 Å². The van der Waals surface area contributed by atoms with E-state index in [-0.39, 0.29) is 18.0 Å². The maximum Gasteiger partial charge on any atom is 0.162 e. The molecule has 0 aliphatic carbocycles. The number of phenols is 1. The molecule has 0 amide bonds. The minimum absolute atomic E-state index is 0.0416. The average Bonchev–Trinajstić information content (AvgIpc) is 2.41. The first-order valence-electron chi connectivity index (χ1n) is 5.65. The van der Waals surface area contributed by atoms with Crippen molar-refractivity contribution in [3.05, 3.63) is 52.8 Å². The molecule has 0 aromatic heterocycles. The van der Waals surface area contributed by atoms with E-state index in [1.165, 1.54) is 25.3 Å². The van der Waals surface area contributed by atoms with Crippen LogP contribution in [0.25, 0.3) is 0 Å². The minimum Gasteiger partial charge on any atom is -0.504 e. The lowest BCUT2D eigenvalue weighted by atomic mass is 10.2. The molecule has 100 valence electrons. The number of methoxy groups -OCH3 is 1. The first-order valence-corrected chi connectivity index (χ1v) is 6.03. The Morgan fingerprint density at radius 2 is 2.11 bits per heavy atom. The smallest absolute Gasteiger partial charge is 0.162 e. The summed E-state index contributed by atoms with van der Waals surface area (Å²) in [5.41, 5.74) is 0.897. The summed E-state index contributed by atoms with van der Waals surface area (Å²) in [6.07, 6.45) is 0. The highest BCUT2D eigenvalue weighted by molar-refractivity contribution is 6.30. The van der Waals surface area contributed by atoms with Crippen LogP contribution in [0.2, 0.25) is 5.02 Å². The monoisotopic (exact) mass is 281 g/mol. The lowest BCUT2D eigenvalue weighted by Crippen LogP contribution is -2.02. The molecule has 2 aromatic carbocycles. The zero-order valence-corrected chi connectivity index (χ0v) is 11.0. The standard InChI is InChI=1S/C14H13ClFNO2/c1-19-13-4-2-3-9(14(13)18)8-17-12-7-10(15)5-6-11(12)16/h2-7,17-18H,8H2,1H3. The first-order chi connectivity index (χ1) is 9.11. The third kappa shape index (κ3) is 3.09. The number of nitrogens with one attached hydrogen (secondary N) is 1. The molecular formula is C14H13ClFNO2. The summed E-state index contributed by atoms with van der Waals surface area (Å²) in [6, 6.07) is 9.39. The molecule has 3 nitrogen and oxygen atoms in total. The Morgan fingerprint density at radius 3 is 2.84 bits per heavy atom. The van der Waals surface area contributed by atoms with Gasteiger partial charge in [0.15, 0.2) is 11.5 Å². The van der Waals surface area contributed by atoms with Crippen molar-refractivity contribution in [2.75, 3.05) is 12.4 Å². The van der Waals surface area contributed by atoms with E-state index < -0.39 is 5.82 Å². The van der Waals surface area contributed by atoms with Crippen molar-refractivity contribution in [1.82, 2.24) is 0 Å². The molecule has 0 saturated heterocycles. The van der Waals surface area contributed by atoms with Crippen molar-refractivity contribution in [2.24, 2.45) is 0 Å². The summed E-state index contributed by atoms with van der Waals surface area (Å²) in [7, 11) is 1.48. The van der Waals surface area contributed by atoms with E-state index in [9.17, 15) is 9.50 Å². The van der Waals surface area contributed by atoms with Gasteiger partial charge in [0.2, 0.25) is 0 Å². The van der Waals surface area contributed by atoms with Gasteiger partial charge in [0, 0.05) is 17.1 Å². The molecule has 19 heavy (non-hydrogen) atoms. The first kappa shape index (κ1) is 13.5. The van der Waals surface area contributed by atoms with Gasteiger partial charge in [-0.2, -0.15) is 0 Å². The second-order valence-electron chi connectivity index (χ2n) is 3.95. The van der Waals surface area contributed by atoms with Crippen molar-refractivity contribution in [2.45, 2.75) is 6.54 Å². The third-order valence-corrected chi connectivity index (χ3v) is 2.94. The molecule has 0 fully saturated rings. The third-order valence-electron chi connectivity index (χ3n) is 2.70. The van der Waals surface area contributed by atoms with Crippen LogP contribution in [0.3, 0.4) is 0 Å². The highest BCUT2D eigenvalue weighted by atomic mass is 35.5. The molecule has 0 aliphatic heterocycles. The second kappa shape index (κ2) is 5.80. The van der Waals surface area contributed by atoms with Crippen molar-refractivity contribution >= 4 is 17.3 Å². The summed E-state index contributed by atoms with van der Waals surface area (Å²) in [4.78, 5) is 0. The lowest BCUT2D eigenvalue weighted by molar-refractivity contribution is 0.371. The zero-order chi connectivity index (χ0) is 13.8. The van der Waals surface area contributed by atoms with Crippen molar-refractivity contribution < 1.29 is 14.2 Å². The van der Waals surface area contributed by atoms with Crippen LogP contribution in [-0.2, 0) is 6.54 Å². The van der Waals surface area contributed by atoms with E-state index in [2.05, 4.69) is 5.32 Å². The SMILES string of the molecule is COc1cccc(CNc2cc(Cl)ccc2F)c1O. The van der Waals surface area contributed by atoms with Crippen LogP contribution in [-0.4, -0.2) is 12.2 Å². The van der Waals surface area contributed by atoms with Crippen molar-refractivity contribution in [3.8, 4) is 11.5 Å². The molecule has 0 saturated carbocycles. The molecule has 2 aromatic rings. The molecule has 5 heteroatoms. The van der Waals surface area contributed by atoms with Gasteiger partial charge < -0.3 is 15.2 Å². The molecule has 0 aliphatic rings. The van der Waals surface area contributed by atoms with Gasteiger partial charge in [-0.15, -0.1) is 0 Å². The predicted molar refractivity (Wildman–Crippen MR) is 73.4 cm³/mol. The molecule has 0 radical (unpaired) electrons. The van der Waals surface area contributed by atoms with Crippen LogP contribution >= 0.6 is 11.6 Å². The Labute approximate surface area is 115 Å². The zero-order valence-electron chi connectivity index (χ0n) is 10.3. The Kier molecular flexibility index (Phi) is 4.12. The molecule has 0 atom stereocenters. The van der Waals surface area contributed by atoms with E-state index in [0.717, 1.165) is 0 Å². The summed E-state index contributed by atoms with van der Waals surface area (Å²) in [6.45, 7) is 0.264. The number of halogens is 2. The Balaban J connectivity index is 2.17. The van der Waals surface area contributed by atoms with E-state index in [1.54, 1.807) is 18.2 Å². The number of benzene rings is 2. The minimum atomic E-state index is -0.396. The number of ether oxygens (including phenoxy) is 1. The molecular weight excluding hydrogens is 269 g/mol. The summed E-state index contributed by atoms with van der Waals surface area (Å²) < 4.78 is 18.5. The van der Waals surface area contributed by atoms with Crippen LogP contribution in [0, 0.1) is 5.82 Å². The Morgan fingerprint density at radius 1 is 1.32 bits per heavy atom. The molecule has 2 N–H and O–H groups in total. The van der Waals surface area contributed by atoms with Gasteiger partial charge in [-0.3, -0.25) is 0 Å². The molecule has 0 heterocycles. The van der Waals surface area contributed by atoms with Crippen LogP contribution < -0.4 is 10.1 Å². The maximum atomic E-state index is 13.5. The highest BCUT2D eigenvalue weighted by Crippen LogP contribution is 2.30. The summed E-state index contributed by atoms with van der Waals surface area (Å²) in [5.74, 6) is 0.0255. The topological polar surface area (TPSA) is 41.5 Å². The van der Waals surface area contributed by atoms with E-state index >= 15 is 0 Å². The maximum absolute atomic E-state index is 13.5. The van der Waals surface area contributed by atoms with E-state index in [0.29, 0.717) is 16.3 Å². The van der Waals surface area contributed by atoms with Crippen LogP contribution in [0.4, 0.5) is 10.1 Å². The predicted octanol–water partition coefficient (Wildman–Crippen LogP) is 3.81. The normalized spacial score (nSPS) is 10.3. The number of hydrogen-bond donors (Lipinski definition) is 2. The van der Waals surface area contributed by atoms with Gasteiger partial charge in [-0.05, 0) is 24.3 Å². The van der Waals surface area contributed by atoms with Gasteiger partial charge >= 0.3 is 0 Å². The van der Waals surface area contributed by atoms with Crippen LogP contribution in [0.1, 0.15) is 5.56 Å². The van der Waals surface area contributed by atoms with Gasteiger partial charge in [0.1, 0.15) is 5.82 Å². The Bertz CT molecular complexity index is 590. The Hall–Kier alpha value is -1.94. The van der Waals surface area contributed by atoms with Gasteiger partial charge in [0.25, 0.3) is 0 Å². The van der Waals surface area contributed by atoms with Crippen molar-refractivity contribution in [3.63, 3.8) is 0 Å². The highest BCUT2D eigenvalue weighted by Gasteiger charge is 2.08. The molecule has 2 rings (SSSR count). The quantitative estimate of drug-likeness (QED) is 0.895. The largest absolute Gasteiger partial charge is 0.504 e. The summed E-state index contributed by atoms with van der Waals surface area (Å²) >= 11 is 5.80. The number of anilines is 1. The van der Waals surface area contributed by atoms with Crippen LogP contribution in [0.5, 0.6) is 11.5 Å². The van der Waals surface area contributed by atoms with E-state index in [1.807, 2.05) is 0 Å². The fourth-order valence-corrected chi connectivity index (χ4v) is 1.87. The number of phenolic OH excluding ortho intramolecular Hbond substituents is 1. The number of hydrogen-bond acceptors (Lipinski definition) is 3. The van der Waals surface area contributed by atoms with Crippen LogP contribution in [0.15, 0.2) is 36.4 Å². The number of rotatable bonds is 4. The molecule has 0 spiro atoms. The summed E-state index contributed by atoms with van der Waals surface area (Å²) in [5, 5.41) is 13.2. The van der Waals surface area contributed by atoms with Gasteiger partial charge in [-0.1, -0.05) is 23.7 Å². The van der Waals surface area contributed by atoms with E-state index in [4.69, 9.17) is 16.3 Å².